The Balaban J connectivity index is 2.65. The molecule has 1 fully saturated rings. The van der Waals surface area contributed by atoms with Gasteiger partial charge in [-0.05, 0) is 37.8 Å². The molecular formula is C12H26N2. The zero-order chi connectivity index (χ0) is 10.7. The lowest BCUT2D eigenvalue weighted by molar-refractivity contribution is 0.0838. The van der Waals surface area contributed by atoms with Gasteiger partial charge < -0.3 is 5.73 Å². The van der Waals surface area contributed by atoms with Crippen molar-refractivity contribution in [2.75, 3.05) is 13.1 Å². The minimum atomic E-state index is 0.383. The molecular weight excluding hydrogens is 172 g/mol. The first-order valence-corrected chi connectivity index (χ1v) is 6.09. The number of nitrogens with two attached hydrogens (primary N) is 1. The second-order valence-corrected chi connectivity index (χ2v) is 4.93. The Bertz CT molecular complexity index is 154. The summed E-state index contributed by atoms with van der Waals surface area (Å²) in [6.45, 7) is 11.4. The Morgan fingerprint density at radius 2 is 1.71 bits per heavy atom. The van der Waals surface area contributed by atoms with Gasteiger partial charge in [-0.25, -0.2) is 0 Å². The van der Waals surface area contributed by atoms with Gasteiger partial charge in [0.15, 0.2) is 0 Å². The summed E-state index contributed by atoms with van der Waals surface area (Å²) in [5.74, 6) is 1.57. The third-order valence-electron chi connectivity index (χ3n) is 3.70. The molecule has 1 saturated carbocycles. The fraction of sp³-hybridized carbons (Fsp3) is 1.00. The maximum Gasteiger partial charge on any atom is 0.0272 e. The van der Waals surface area contributed by atoms with Gasteiger partial charge in [0, 0.05) is 12.1 Å². The maximum atomic E-state index is 6.27. The molecule has 4 atom stereocenters. The van der Waals surface area contributed by atoms with Gasteiger partial charge >= 0.3 is 0 Å². The van der Waals surface area contributed by atoms with Crippen molar-refractivity contribution in [2.45, 2.75) is 52.6 Å². The van der Waals surface area contributed by atoms with Gasteiger partial charge in [0.1, 0.15) is 0 Å². The number of rotatable bonds is 3. The molecule has 0 saturated heterocycles. The average Bonchev–Trinajstić information content (AvgIpc) is 2.10. The van der Waals surface area contributed by atoms with Crippen molar-refractivity contribution < 1.29 is 0 Å². The molecule has 0 spiro atoms. The predicted octanol–water partition coefficient (Wildman–Crippen LogP) is 2.09. The predicted molar refractivity (Wildman–Crippen MR) is 62.2 cm³/mol. The Labute approximate surface area is 88.8 Å². The van der Waals surface area contributed by atoms with Crippen LogP contribution in [-0.2, 0) is 0 Å². The largest absolute Gasteiger partial charge is 0.326 e. The van der Waals surface area contributed by atoms with Crippen molar-refractivity contribution in [1.82, 2.24) is 4.90 Å². The van der Waals surface area contributed by atoms with Crippen LogP contribution in [0.15, 0.2) is 0 Å². The molecule has 2 heteroatoms. The van der Waals surface area contributed by atoms with Crippen LogP contribution in [0.3, 0.4) is 0 Å². The van der Waals surface area contributed by atoms with Crippen LogP contribution < -0.4 is 5.73 Å². The highest BCUT2D eigenvalue weighted by Gasteiger charge is 2.34. The number of hydrogen-bond donors (Lipinski definition) is 1. The summed E-state index contributed by atoms with van der Waals surface area (Å²) in [5.41, 5.74) is 6.27. The average molecular weight is 198 g/mol. The molecule has 14 heavy (non-hydrogen) atoms. The highest BCUT2D eigenvalue weighted by atomic mass is 15.2. The first-order valence-electron chi connectivity index (χ1n) is 6.09. The van der Waals surface area contributed by atoms with E-state index in [0.717, 1.165) is 24.9 Å². The second kappa shape index (κ2) is 5.13. The Hall–Kier alpha value is -0.0800. The van der Waals surface area contributed by atoms with Crippen LogP contribution in [0.2, 0.25) is 0 Å². The molecule has 0 heterocycles. The smallest absolute Gasteiger partial charge is 0.0272 e. The van der Waals surface area contributed by atoms with Crippen molar-refractivity contribution in [3.8, 4) is 0 Å². The van der Waals surface area contributed by atoms with Crippen molar-refractivity contribution in [3.63, 3.8) is 0 Å². The maximum absolute atomic E-state index is 6.27. The summed E-state index contributed by atoms with van der Waals surface area (Å²) >= 11 is 0. The van der Waals surface area contributed by atoms with E-state index in [1.807, 2.05) is 0 Å². The summed E-state index contributed by atoms with van der Waals surface area (Å²) < 4.78 is 0. The third-order valence-corrected chi connectivity index (χ3v) is 3.70. The molecule has 0 bridgehead atoms. The first-order chi connectivity index (χ1) is 6.60. The second-order valence-electron chi connectivity index (χ2n) is 4.93. The fourth-order valence-corrected chi connectivity index (χ4v) is 3.17. The SMILES string of the molecule is CCN(CC)C1C(C)CC(C)CC1N. The monoisotopic (exact) mass is 198 g/mol. The topological polar surface area (TPSA) is 29.3 Å². The highest BCUT2D eigenvalue weighted by molar-refractivity contribution is 4.91. The minimum Gasteiger partial charge on any atom is -0.326 e. The molecule has 1 aliphatic carbocycles. The van der Waals surface area contributed by atoms with Crippen molar-refractivity contribution in [2.24, 2.45) is 17.6 Å². The molecule has 84 valence electrons. The summed E-state index contributed by atoms with van der Waals surface area (Å²) in [6, 6.07) is 0.995. The van der Waals surface area contributed by atoms with Gasteiger partial charge in [0.2, 0.25) is 0 Å². The normalized spacial score (nSPS) is 39.0. The van der Waals surface area contributed by atoms with Gasteiger partial charge in [-0.3, -0.25) is 4.90 Å². The van der Waals surface area contributed by atoms with E-state index in [2.05, 4.69) is 32.6 Å². The fourth-order valence-electron chi connectivity index (χ4n) is 3.17. The van der Waals surface area contributed by atoms with Crippen LogP contribution in [0.4, 0.5) is 0 Å². The molecule has 0 aromatic carbocycles. The Morgan fingerprint density at radius 1 is 1.14 bits per heavy atom. The molecule has 1 rings (SSSR count). The zero-order valence-corrected chi connectivity index (χ0v) is 10.2. The summed E-state index contributed by atoms with van der Waals surface area (Å²) in [5, 5.41) is 0. The van der Waals surface area contributed by atoms with Gasteiger partial charge in [-0.2, -0.15) is 0 Å². The standard InChI is InChI=1S/C12H26N2/c1-5-14(6-2)12-10(4)7-9(3)8-11(12)13/h9-12H,5-8,13H2,1-4H3. The molecule has 2 N–H and O–H groups in total. The molecule has 1 aliphatic rings. The van der Waals surface area contributed by atoms with E-state index in [4.69, 9.17) is 5.73 Å². The third kappa shape index (κ3) is 2.48. The van der Waals surface area contributed by atoms with Crippen molar-refractivity contribution in [1.29, 1.82) is 0 Å². The van der Waals surface area contributed by atoms with E-state index < -0.39 is 0 Å². The molecule has 4 unspecified atom stereocenters. The zero-order valence-electron chi connectivity index (χ0n) is 10.2. The number of nitrogens with zero attached hydrogens (tertiary/aromatic N) is 1. The van der Waals surface area contributed by atoms with Crippen LogP contribution in [0, 0.1) is 11.8 Å². The van der Waals surface area contributed by atoms with Crippen LogP contribution in [0.25, 0.3) is 0 Å². The lowest BCUT2D eigenvalue weighted by Gasteiger charge is -2.43. The van der Waals surface area contributed by atoms with Gasteiger partial charge in [0.25, 0.3) is 0 Å². The van der Waals surface area contributed by atoms with E-state index in [1.165, 1.54) is 12.8 Å². The Kier molecular flexibility index (Phi) is 4.39. The van der Waals surface area contributed by atoms with Crippen LogP contribution in [-0.4, -0.2) is 30.1 Å². The van der Waals surface area contributed by atoms with Crippen molar-refractivity contribution >= 4 is 0 Å². The highest BCUT2D eigenvalue weighted by Crippen LogP contribution is 2.31. The molecule has 0 aromatic rings. The molecule has 0 amide bonds. The van der Waals surface area contributed by atoms with E-state index >= 15 is 0 Å². The number of hydrogen-bond acceptors (Lipinski definition) is 2. The van der Waals surface area contributed by atoms with Crippen LogP contribution in [0.5, 0.6) is 0 Å². The quantitative estimate of drug-likeness (QED) is 0.752. The molecule has 2 nitrogen and oxygen atoms in total. The van der Waals surface area contributed by atoms with E-state index in [1.54, 1.807) is 0 Å². The lowest BCUT2D eigenvalue weighted by Crippen LogP contribution is -2.54. The van der Waals surface area contributed by atoms with E-state index in [9.17, 15) is 0 Å². The van der Waals surface area contributed by atoms with E-state index in [-0.39, 0.29) is 0 Å². The summed E-state index contributed by atoms with van der Waals surface area (Å²) in [4.78, 5) is 2.53. The van der Waals surface area contributed by atoms with Crippen LogP contribution in [0.1, 0.15) is 40.5 Å². The molecule has 0 aliphatic heterocycles. The summed E-state index contributed by atoms with van der Waals surface area (Å²) in [7, 11) is 0. The van der Waals surface area contributed by atoms with Gasteiger partial charge in [-0.15, -0.1) is 0 Å². The lowest BCUT2D eigenvalue weighted by atomic mass is 9.76. The molecule has 0 radical (unpaired) electrons. The summed E-state index contributed by atoms with van der Waals surface area (Å²) in [6.07, 6.45) is 2.54. The molecule has 0 aromatic heterocycles. The number of likely N-dealkylation sites (N-methyl/N-ethyl adjacent to an activating group) is 1. The van der Waals surface area contributed by atoms with Gasteiger partial charge in [-0.1, -0.05) is 27.7 Å². The van der Waals surface area contributed by atoms with E-state index in [0.29, 0.717) is 12.1 Å². The van der Waals surface area contributed by atoms with Crippen LogP contribution >= 0.6 is 0 Å². The Morgan fingerprint density at radius 3 is 2.14 bits per heavy atom. The minimum absolute atomic E-state index is 0.383. The first kappa shape index (κ1) is 12.0. The van der Waals surface area contributed by atoms with Gasteiger partial charge in [0.05, 0.1) is 0 Å². The van der Waals surface area contributed by atoms with Crippen molar-refractivity contribution in [3.05, 3.63) is 0 Å².